The molecule has 1 aliphatic rings. The first kappa shape index (κ1) is 20.0. The van der Waals surface area contributed by atoms with Crippen molar-refractivity contribution in [3.8, 4) is 5.75 Å². The van der Waals surface area contributed by atoms with Crippen LogP contribution in [-0.2, 0) is 9.53 Å². The minimum absolute atomic E-state index is 0. The normalized spacial score (nSPS) is 20.7. The Balaban J connectivity index is 0.00000264. The van der Waals surface area contributed by atoms with Gasteiger partial charge in [-0.3, -0.25) is 4.79 Å². The summed E-state index contributed by atoms with van der Waals surface area (Å²) >= 11 is 6.19. The molecule has 2 N–H and O–H groups in total. The van der Waals surface area contributed by atoms with Gasteiger partial charge in [-0.1, -0.05) is 25.4 Å². The van der Waals surface area contributed by atoms with E-state index in [2.05, 4.69) is 24.5 Å². The molecule has 23 heavy (non-hydrogen) atoms. The van der Waals surface area contributed by atoms with Crippen molar-refractivity contribution in [2.75, 3.05) is 25.1 Å². The van der Waals surface area contributed by atoms with Crippen LogP contribution in [-0.4, -0.2) is 37.8 Å². The lowest BCUT2D eigenvalue weighted by Crippen LogP contribution is -2.53. The molecule has 0 saturated carbocycles. The Morgan fingerprint density at radius 2 is 2.26 bits per heavy atom. The Labute approximate surface area is 148 Å². The first-order valence-electron chi connectivity index (χ1n) is 7.55. The summed E-state index contributed by atoms with van der Waals surface area (Å²) in [6, 6.07) is 4.90. The molecule has 1 aliphatic heterocycles. The average molecular weight is 363 g/mol. The quantitative estimate of drug-likeness (QED) is 0.844. The van der Waals surface area contributed by atoms with Crippen LogP contribution in [0.4, 0.5) is 5.69 Å². The maximum Gasteiger partial charge on any atom is 0.244 e. The number of anilines is 1. The molecule has 0 aliphatic carbocycles. The molecule has 1 saturated heterocycles. The number of rotatable bonds is 5. The number of amides is 1. The topological polar surface area (TPSA) is 59.6 Å². The van der Waals surface area contributed by atoms with E-state index in [1.165, 1.54) is 0 Å². The molecule has 0 bridgehead atoms. The van der Waals surface area contributed by atoms with Crippen molar-refractivity contribution in [3.05, 3.63) is 23.2 Å². The van der Waals surface area contributed by atoms with E-state index in [1.54, 1.807) is 18.2 Å². The summed E-state index contributed by atoms with van der Waals surface area (Å²) in [7, 11) is 0. The molecule has 1 fully saturated rings. The fraction of sp³-hybridized carbons (Fsp3) is 0.562. The molecule has 0 unspecified atom stereocenters. The van der Waals surface area contributed by atoms with Gasteiger partial charge in [0, 0.05) is 12.2 Å². The molecule has 7 heteroatoms. The molecule has 130 valence electrons. The van der Waals surface area contributed by atoms with Gasteiger partial charge in [0.25, 0.3) is 0 Å². The summed E-state index contributed by atoms with van der Waals surface area (Å²) in [5.41, 5.74) is 0.645. The summed E-state index contributed by atoms with van der Waals surface area (Å²) < 4.78 is 11.1. The highest BCUT2D eigenvalue weighted by Crippen LogP contribution is 2.28. The highest BCUT2D eigenvalue weighted by atomic mass is 35.5. The van der Waals surface area contributed by atoms with E-state index in [0.717, 1.165) is 0 Å². The summed E-state index contributed by atoms with van der Waals surface area (Å²) in [6.07, 6.45) is -0.155. The van der Waals surface area contributed by atoms with E-state index >= 15 is 0 Å². The molecule has 1 amide bonds. The van der Waals surface area contributed by atoms with Gasteiger partial charge in [0.1, 0.15) is 11.8 Å². The SMILES string of the molecule is CC(C)COc1ccc(NC(=O)[C@H]2NCCO[C@@H]2C)cc1Cl.Cl. The van der Waals surface area contributed by atoms with Crippen LogP contribution in [0.2, 0.25) is 5.02 Å². The van der Waals surface area contributed by atoms with Gasteiger partial charge < -0.3 is 20.1 Å². The van der Waals surface area contributed by atoms with Gasteiger partial charge in [0.2, 0.25) is 5.91 Å². The Bertz CT molecular complexity index is 526. The van der Waals surface area contributed by atoms with Crippen molar-refractivity contribution in [1.29, 1.82) is 0 Å². The second-order valence-corrected chi connectivity index (χ2v) is 6.25. The lowest BCUT2D eigenvalue weighted by Gasteiger charge is -2.29. The molecule has 0 spiro atoms. The van der Waals surface area contributed by atoms with Crippen molar-refractivity contribution in [2.45, 2.75) is 32.9 Å². The Morgan fingerprint density at radius 3 is 2.87 bits per heavy atom. The minimum Gasteiger partial charge on any atom is -0.492 e. The lowest BCUT2D eigenvalue weighted by atomic mass is 10.1. The zero-order valence-corrected chi connectivity index (χ0v) is 15.2. The number of hydrogen-bond acceptors (Lipinski definition) is 4. The van der Waals surface area contributed by atoms with Crippen LogP contribution in [0.15, 0.2) is 18.2 Å². The highest BCUT2D eigenvalue weighted by molar-refractivity contribution is 6.32. The van der Waals surface area contributed by atoms with Crippen LogP contribution in [0.3, 0.4) is 0 Å². The van der Waals surface area contributed by atoms with Crippen LogP contribution < -0.4 is 15.4 Å². The van der Waals surface area contributed by atoms with Crippen molar-refractivity contribution in [2.24, 2.45) is 5.92 Å². The predicted octanol–water partition coefficient (Wildman–Crippen LogP) is 3.11. The number of hydrogen-bond donors (Lipinski definition) is 2. The van der Waals surface area contributed by atoms with Gasteiger partial charge in [0.15, 0.2) is 0 Å². The molecule has 2 atom stereocenters. The number of nitrogens with one attached hydrogen (secondary N) is 2. The van der Waals surface area contributed by atoms with Gasteiger partial charge >= 0.3 is 0 Å². The number of morpholine rings is 1. The van der Waals surface area contributed by atoms with Crippen molar-refractivity contribution in [3.63, 3.8) is 0 Å². The fourth-order valence-electron chi connectivity index (χ4n) is 2.20. The van der Waals surface area contributed by atoms with Crippen LogP contribution in [0, 0.1) is 5.92 Å². The Hall–Kier alpha value is -1.01. The number of carbonyl (C=O) groups excluding carboxylic acids is 1. The van der Waals surface area contributed by atoms with Crippen LogP contribution in [0.25, 0.3) is 0 Å². The van der Waals surface area contributed by atoms with E-state index in [-0.39, 0.29) is 30.5 Å². The Morgan fingerprint density at radius 1 is 1.52 bits per heavy atom. The van der Waals surface area contributed by atoms with E-state index in [4.69, 9.17) is 21.1 Å². The standard InChI is InChI=1S/C16H23ClN2O3.ClH/c1-10(2)9-22-14-5-4-12(8-13(14)17)19-16(20)15-11(3)21-7-6-18-15;/h4-5,8,10-11,15,18H,6-7,9H2,1-3H3,(H,19,20);1H/t11-,15+;/m1./s1. The summed E-state index contributed by atoms with van der Waals surface area (Å²) in [6.45, 7) is 7.92. The second kappa shape index (κ2) is 9.33. The molecular formula is C16H24Cl2N2O3. The third-order valence-electron chi connectivity index (χ3n) is 3.37. The molecule has 1 aromatic carbocycles. The number of ether oxygens (including phenoxy) is 2. The lowest BCUT2D eigenvalue weighted by molar-refractivity contribution is -0.123. The molecule has 2 rings (SSSR count). The average Bonchev–Trinajstić information content (AvgIpc) is 2.46. The summed E-state index contributed by atoms with van der Waals surface area (Å²) in [5.74, 6) is 0.925. The first-order chi connectivity index (χ1) is 10.5. The zero-order chi connectivity index (χ0) is 16.1. The van der Waals surface area contributed by atoms with Gasteiger partial charge in [-0.2, -0.15) is 0 Å². The van der Waals surface area contributed by atoms with Gasteiger partial charge in [0.05, 0.1) is 24.3 Å². The van der Waals surface area contributed by atoms with Gasteiger partial charge in [-0.25, -0.2) is 0 Å². The molecule has 1 heterocycles. The second-order valence-electron chi connectivity index (χ2n) is 5.85. The van der Waals surface area contributed by atoms with Gasteiger partial charge in [-0.05, 0) is 31.0 Å². The summed E-state index contributed by atoms with van der Waals surface area (Å²) in [4.78, 5) is 12.3. The number of halogens is 2. The van der Waals surface area contributed by atoms with E-state index in [9.17, 15) is 4.79 Å². The van der Waals surface area contributed by atoms with E-state index < -0.39 is 0 Å². The molecule has 5 nitrogen and oxygen atoms in total. The maximum atomic E-state index is 12.3. The van der Waals surface area contributed by atoms with Gasteiger partial charge in [-0.15, -0.1) is 12.4 Å². The molecule has 1 aromatic rings. The van der Waals surface area contributed by atoms with Crippen molar-refractivity contribution < 1.29 is 14.3 Å². The number of carbonyl (C=O) groups is 1. The van der Waals surface area contributed by atoms with Crippen LogP contribution in [0.5, 0.6) is 5.75 Å². The summed E-state index contributed by atoms with van der Waals surface area (Å²) in [5, 5.41) is 6.49. The molecular weight excluding hydrogens is 339 g/mol. The first-order valence-corrected chi connectivity index (χ1v) is 7.93. The highest BCUT2D eigenvalue weighted by Gasteiger charge is 2.28. The molecule has 0 radical (unpaired) electrons. The smallest absolute Gasteiger partial charge is 0.244 e. The van der Waals surface area contributed by atoms with E-state index in [0.29, 0.717) is 42.1 Å². The third kappa shape index (κ3) is 5.84. The number of benzene rings is 1. The van der Waals surface area contributed by atoms with Crippen LogP contribution >= 0.6 is 24.0 Å². The largest absolute Gasteiger partial charge is 0.492 e. The Kier molecular flexibility index (Phi) is 8.12. The van der Waals surface area contributed by atoms with Crippen molar-refractivity contribution >= 4 is 35.6 Å². The maximum absolute atomic E-state index is 12.3. The fourth-order valence-corrected chi connectivity index (χ4v) is 2.43. The van der Waals surface area contributed by atoms with E-state index in [1.807, 2.05) is 6.92 Å². The van der Waals surface area contributed by atoms with Crippen LogP contribution in [0.1, 0.15) is 20.8 Å². The molecule has 0 aromatic heterocycles. The predicted molar refractivity (Wildman–Crippen MR) is 94.9 cm³/mol. The van der Waals surface area contributed by atoms with Crippen molar-refractivity contribution in [1.82, 2.24) is 5.32 Å². The minimum atomic E-state index is -0.357. The monoisotopic (exact) mass is 362 g/mol. The zero-order valence-electron chi connectivity index (χ0n) is 13.6. The third-order valence-corrected chi connectivity index (χ3v) is 3.67.